The van der Waals surface area contributed by atoms with E-state index in [1.54, 1.807) is 21.3 Å². The van der Waals surface area contributed by atoms with Crippen LogP contribution < -0.4 is 19.5 Å². The summed E-state index contributed by atoms with van der Waals surface area (Å²) in [6, 6.07) is 12.7. The highest BCUT2D eigenvalue weighted by Gasteiger charge is 2.33. The Labute approximate surface area is 183 Å². The summed E-state index contributed by atoms with van der Waals surface area (Å²) in [7, 11) is 9.74. The van der Waals surface area contributed by atoms with Gasteiger partial charge in [-0.1, -0.05) is 53.1 Å². The van der Waals surface area contributed by atoms with Gasteiger partial charge in [-0.3, -0.25) is 0 Å². The lowest BCUT2D eigenvalue weighted by atomic mass is 9.93. The molecule has 2 unspecified atom stereocenters. The second-order valence-electron chi connectivity index (χ2n) is 7.86. The van der Waals surface area contributed by atoms with E-state index in [4.69, 9.17) is 18.9 Å². The standard InChI is InChI=1S/C24H36NO4P/c1-8-13-24(2,30-22-12-10-9-11-18(22)16-25(3)4)20-14-19(27-6)15-21(28-7)23(20)29-17-26-5/h9-12,14-15,30H,8,13,16-17H2,1-7H3. The minimum atomic E-state index is -0.137. The predicted octanol–water partition coefficient (Wildman–Crippen LogP) is 4.77. The predicted molar refractivity (Wildman–Crippen MR) is 126 cm³/mol. The normalized spacial score (nSPS) is 13.6. The van der Waals surface area contributed by atoms with Crippen LogP contribution in [0.1, 0.15) is 37.8 Å². The number of methoxy groups -OCH3 is 3. The van der Waals surface area contributed by atoms with Crippen molar-refractivity contribution in [3.63, 3.8) is 0 Å². The number of ether oxygens (including phenoxy) is 4. The number of rotatable bonds is 12. The van der Waals surface area contributed by atoms with Crippen molar-refractivity contribution in [1.82, 2.24) is 4.90 Å². The summed E-state index contributed by atoms with van der Waals surface area (Å²) < 4.78 is 22.5. The van der Waals surface area contributed by atoms with Gasteiger partial charge in [-0.05, 0) is 37.5 Å². The molecule has 5 nitrogen and oxygen atoms in total. The maximum Gasteiger partial charge on any atom is 0.188 e. The molecule has 0 saturated heterocycles. The molecule has 0 aromatic heterocycles. The van der Waals surface area contributed by atoms with Gasteiger partial charge in [0.15, 0.2) is 18.3 Å². The van der Waals surface area contributed by atoms with Gasteiger partial charge in [-0.15, -0.1) is 0 Å². The monoisotopic (exact) mass is 433 g/mol. The highest BCUT2D eigenvalue weighted by Crippen LogP contribution is 2.52. The van der Waals surface area contributed by atoms with Crippen molar-refractivity contribution in [3.8, 4) is 17.2 Å². The van der Waals surface area contributed by atoms with Gasteiger partial charge in [0.25, 0.3) is 0 Å². The Kier molecular flexibility index (Phi) is 9.41. The molecule has 0 aliphatic heterocycles. The second-order valence-corrected chi connectivity index (χ2v) is 9.75. The molecule has 6 heteroatoms. The van der Waals surface area contributed by atoms with E-state index in [0.717, 1.165) is 36.4 Å². The van der Waals surface area contributed by atoms with Crippen LogP contribution >= 0.6 is 8.58 Å². The Hall–Kier alpha value is -1.81. The van der Waals surface area contributed by atoms with Crippen LogP contribution in [0.4, 0.5) is 0 Å². The molecular formula is C24H36NO4P. The van der Waals surface area contributed by atoms with Crippen molar-refractivity contribution in [1.29, 1.82) is 0 Å². The molecule has 0 bridgehead atoms. The minimum absolute atomic E-state index is 0.137. The van der Waals surface area contributed by atoms with Gasteiger partial charge in [0.05, 0.1) is 14.2 Å². The molecule has 0 aliphatic carbocycles. The molecule has 0 heterocycles. The maximum absolute atomic E-state index is 6.03. The van der Waals surface area contributed by atoms with Crippen LogP contribution in [-0.4, -0.2) is 47.1 Å². The molecular weight excluding hydrogens is 397 g/mol. The molecule has 0 amide bonds. The number of hydrogen-bond donors (Lipinski definition) is 0. The second kappa shape index (κ2) is 11.5. The third-order valence-electron chi connectivity index (χ3n) is 5.06. The molecule has 2 rings (SSSR count). The summed E-state index contributed by atoms with van der Waals surface area (Å²) >= 11 is 0. The molecule has 0 radical (unpaired) electrons. The molecule has 0 spiro atoms. The number of hydrogen-bond acceptors (Lipinski definition) is 5. The fourth-order valence-electron chi connectivity index (χ4n) is 3.71. The van der Waals surface area contributed by atoms with Gasteiger partial charge < -0.3 is 23.8 Å². The zero-order chi connectivity index (χ0) is 22.1. The van der Waals surface area contributed by atoms with Crippen LogP contribution in [0.25, 0.3) is 0 Å². The van der Waals surface area contributed by atoms with Crippen molar-refractivity contribution in [3.05, 3.63) is 47.5 Å². The van der Waals surface area contributed by atoms with Gasteiger partial charge in [-0.2, -0.15) is 0 Å². The lowest BCUT2D eigenvalue weighted by molar-refractivity contribution is 0.0479. The van der Waals surface area contributed by atoms with Gasteiger partial charge in [0.2, 0.25) is 0 Å². The van der Waals surface area contributed by atoms with E-state index >= 15 is 0 Å². The molecule has 166 valence electrons. The van der Waals surface area contributed by atoms with E-state index in [9.17, 15) is 0 Å². The average Bonchev–Trinajstić information content (AvgIpc) is 2.72. The molecule has 0 fully saturated rings. The van der Waals surface area contributed by atoms with Crippen molar-refractivity contribution in [2.75, 3.05) is 42.2 Å². The Bertz CT molecular complexity index is 812. The Morgan fingerprint density at radius 3 is 2.37 bits per heavy atom. The van der Waals surface area contributed by atoms with Crippen molar-refractivity contribution in [2.24, 2.45) is 0 Å². The molecule has 30 heavy (non-hydrogen) atoms. The fraction of sp³-hybridized carbons (Fsp3) is 0.500. The van der Waals surface area contributed by atoms with Crippen LogP contribution in [0.3, 0.4) is 0 Å². The van der Waals surface area contributed by atoms with E-state index in [-0.39, 0.29) is 11.9 Å². The molecule has 0 saturated carbocycles. The largest absolute Gasteiger partial charge is 0.497 e. The summed E-state index contributed by atoms with van der Waals surface area (Å²) in [5.74, 6) is 2.16. The third kappa shape index (κ3) is 6.10. The van der Waals surface area contributed by atoms with E-state index in [1.807, 2.05) is 6.07 Å². The first-order valence-electron chi connectivity index (χ1n) is 10.3. The highest BCUT2D eigenvalue weighted by molar-refractivity contribution is 7.48. The summed E-state index contributed by atoms with van der Waals surface area (Å²) in [4.78, 5) is 2.21. The van der Waals surface area contributed by atoms with Gasteiger partial charge in [-0.25, -0.2) is 0 Å². The quantitative estimate of drug-likeness (QED) is 0.356. The summed E-state index contributed by atoms with van der Waals surface area (Å²) in [6.07, 6.45) is 2.07. The Morgan fingerprint density at radius 1 is 1.03 bits per heavy atom. The molecule has 0 N–H and O–H groups in total. The van der Waals surface area contributed by atoms with Gasteiger partial charge in [0, 0.05) is 30.4 Å². The molecule has 2 atom stereocenters. The van der Waals surface area contributed by atoms with E-state index < -0.39 is 0 Å². The maximum atomic E-state index is 6.03. The molecule has 2 aromatic carbocycles. The molecule has 0 aliphatic rings. The summed E-state index contributed by atoms with van der Waals surface area (Å²) in [5.41, 5.74) is 2.45. The lowest BCUT2D eigenvalue weighted by Gasteiger charge is -2.33. The zero-order valence-electron chi connectivity index (χ0n) is 19.4. The van der Waals surface area contributed by atoms with Crippen molar-refractivity contribution in [2.45, 2.75) is 38.4 Å². The van der Waals surface area contributed by atoms with Crippen LogP contribution in [0, 0.1) is 0 Å². The first-order valence-corrected chi connectivity index (χ1v) is 11.3. The lowest BCUT2D eigenvalue weighted by Crippen LogP contribution is -2.24. The smallest absolute Gasteiger partial charge is 0.188 e. The first-order chi connectivity index (χ1) is 14.4. The number of benzene rings is 2. The van der Waals surface area contributed by atoms with Crippen LogP contribution in [0.2, 0.25) is 0 Å². The van der Waals surface area contributed by atoms with Gasteiger partial charge >= 0.3 is 0 Å². The van der Waals surface area contributed by atoms with E-state index in [1.165, 1.54) is 10.9 Å². The van der Waals surface area contributed by atoms with Gasteiger partial charge in [0.1, 0.15) is 5.75 Å². The Morgan fingerprint density at radius 2 is 1.77 bits per heavy atom. The van der Waals surface area contributed by atoms with Crippen LogP contribution in [0.15, 0.2) is 36.4 Å². The SMILES string of the molecule is CCCC(C)(Pc1ccccc1CN(C)C)c1cc(OC)cc(OC)c1OCOC. The van der Waals surface area contributed by atoms with Crippen LogP contribution in [-0.2, 0) is 16.4 Å². The highest BCUT2D eigenvalue weighted by atomic mass is 31.1. The van der Waals surface area contributed by atoms with Crippen molar-refractivity contribution >= 4 is 13.9 Å². The summed E-state index contributed by atoms with van der Waals surface area (Å²) in [5, 5.41) is 1.24. The van der Waals surface area contributed by atoms with E-state index in [2.05, 4.69) is 63.2 Å². The van der Waals surface area contributed by atoms with Crippen LogP contribution in [0.5, 0.6) is 17.2 Å². The number of nitrogens with zero attached hydrogens (tertiary/aromatic N) is 1. The minimum Gasteiger partial charge on any atom is -0.497 e. The average molecular weight is 434 g/mol. The van der Waals surface area contributed by atoms with E-state index in [0.29, 0.717) is 14.3 Å². The first kappa shape index (κ1) is 24.5. The Balaban J connectivity index is 2.60. The molecule has 2 aromatic rings. The fourth-order valence-corrected chi connectivity index (χ4v) is 5.50. The summed E-state index contributed by atoms with van der Waals surface area (Å²) in [6.45, 7) is 5.62. The van der Waals surface area contributed by atoms with Crippen molar-refractivity contribution < 1.29 is 18.9 Å². The zero-order valence-corrected chi connectivity index (χ0v) is 20.4. The third-order valence-corrected chi connectivity index (χ3v) is 6.89. The topological polar surface area (TPSA) is 40.2 Å².